The summed E-state index contributed by atoms with van der Waals surface area (Å²) in [6, 6.07) is 5.36. The summed E-state index contributed by atoms with van der Waals surface area (Å²) in [5.74, 6) is 0.505. The first-order valence-corrected chi connectivity index (χ1v) is 4.67. The summed E-state index contributed by atoms with van der Waals surface area (Å²) >= 11 is 0. The van der Waals surface area contributed by atoms with Gasteiger partial charge in [0.1, 0.15) is 5.75 Å². The van der Waals surface area contributed by atoms with Gasteiger partial charge >= 0.3 is 6.18 Å². The van der Waals surface area contributed by atoms with Gasteiger partial charge in [0.15, 0.2) is 0 Å². The third kappa shape index (κ3) is 2.93. The maximum atomic E-state index is 12.3. The number of rotatable bonds is 2. The molecule has 88 valence electrons. The maximum Gasteiger partial charge on any atom is 0.417 e. The fourth-order valence-corrected chi connectivity index (χ4v) is 1.14. The highest BCUT2D eigenvalue weighted by atomic mass is 19.4. The minimum atomic E-state index is -4.39. The van der Waals surface area contributed by atoms with Crippen molar-refractivity contribution in [1.82, 2.24) is 9.97 Å². The van der Waals surface area contributed by atoms with Gasteiger partial charge in [-0.15, -0.1) is 0 Å². The molecule has 0 aliphatic rings. The number of hydrogen-bond donors (Lipinski definition) is 0. The summed E-state index contributed by atoms with van der Waals surface area (Å²) in [7, 11) is 0. The monoisotopic (exact) mass is 240 g/mol. The Balaban J connectivity index is 2.14. The summed E-state index contributed by atoms with van der Waals surface area (Å²) in [5.41, 5.74) is -0.809. The molecule has 0 saturated carbocycles. The Morgan fingerprint density at radius 3 is 2.41 bits per heavy atom. The van der Waals surface area contributed by atoms with Crippen molar-refractivity contribution in [1.29, 1.82) is 0 Å². The van der Waals surface area contributed by atoms with E-state index in [9.17, 15) is 13.2 Å². The van der Waals surface area contributed by atoms with Crippen LogP contribution in [-0.2, 0) is 6.18 Å². The number of aromatic nitrogens is 2. The molecular weight excluding hydrogens is 233 g/mol. The standard InChI is InChI=1S/C11H7F3N2O/c12-11(13,14)8-3-4-10(16-6-8)17-9-2-1-5-15-7-9/h1-7H. The lowest BCUT2D eigenvalue weighted by atomic mass is 10.3. The molecule has 2 aromatic rings. The normalized spacial score (nSPS) is 11.2. The van der Waals surface area contributed by atoms with E-state index >= 15 is 0 Å². The molecule has 0 amide bonds. The molecule has 2 rings (SSSR count). The lowest BCUT2D eigenvalue weighted by Gasteiger charge is -2.07. The molecule has 17 heavy (non-hydrogen) atoms. The van der Waals surface area contributed by atoms with Crippen LogP contribution >= 0.6 is 0 Å². The summed E-state index contributed by atoms with van der Waals surface area (Å²) in [5, 5.41) is 0. The van der Waals surface area contributed by atoms with Crippen LogP contribution in [0.2, 0.25) is 0 Å². The molecular formula is C11H7F3N2O. The highest BCUT2D eigenvalue weighted by molar-refractivity contribution is 5.25. The first-order chi connectivity index (χ1) is 8.05. The molecule has 0 atom stereocenters. The number of alkyl halides is 3. The van der Waals surface area contributed by atoms with E-state index in [1.807, 2.05) is 0 Å². The predicted molar refractivity (Wildman–Crippen MR) is 53.6 cm³/mol. The number of hydrogen-bond acceptors (Lipinski definition) is 3. The first kappa shape index (κ1) is 11.4. The first-order valence-electron chi connectivity index (χ1n) is 4.67. The van der Waals surface area contributed by atoms with E-state index in [1.54, 1.807) is 18.3 Å². The van der Waals surface area contributed by atoms with Gasteiger partial charge in [0.05, 0.1) is 11.8 Å². The molecule has 0 fully saturated rings. The van der Waals surface area contributed by atoms with Crippen LogP contribution in [0.25, 0.3) is 0 Å². The van der Waals surface area contributed by atoms with Crippen LogP contribution in [0.15, 0.2) is 42.9 Å². The van der Waals surface area contributed by atoms with Crippen LogP contribution < -0.4 is 4.74 Å². The Labute approximate surface area is 94.9 Å². The largest absolute Gasteiger partial charge is 0.437 e. The van der Waals surface area contributed by atoms with E-state index in [1.165, 1.54) is 6.20 Å². The zero-order valence-electron chi connectivity index (χ0n) is 8.48. The van der Waals surface area contributed by atoms with E-state index in [0.29, 0.717) is 5.75 Å². The van der Waals surface area contributed by atoms with Crippen LogP contribution in [0.3, 0.4) is 0 Å². The van der Waals surface area contributed by atoms with Gasteiger partial charge in [-0.25, -0.2) is 4.98 Å². The quantitative estimate of drug-likeness (QED) is 0.807. The molecule has 0 saturated heterocycles. The van der Waals surface area contributed by atoms with Gasteiger partial charge in [-0.1, -0.05) is 0 Å². The molecule has 0 radical (unpaired) electrons. The highest BCUT2D eigenvalue weighted by Gasteiger charge is 2.30. The van der Waals surface area contributed by atoms with Gasteiger partial charge in [0.2, 0.25) is 5.88 Å². The fraction of sp³-hybridized carbons (Fsp3) is 0.0909. The Morgan fingerprint density at radius 1 is 1.06 bits per heavy atom. The lowest BCUT2D eigenvalue weighted by Crippen LogP contribution is -2.05. The van der Waals surface area contributed by atoms with Crippen molar-refractivity contribution in [2.24, 2.45) is 0 Å². The van der Waals surface area contributed by atoms with Gasteiger partial charge in [0, 0.05) is 18.5 Å². The molecule has 2 heterocycles. The Hall–Kier alpha value is -2.11. The van der Waals surface area contributed by atoms with Crippen molar-refractivity contribution < 1.29 is 17.9 Å². The summed E-state index contributed by atoms with van der Waals surface area (Å²) in [6.45, 7) is 0. The topological polar surface area (TPSA) is 35.0 Å². The second-order valence-corrected chi connectivity index (χ2v) is 3.17. The maximum absolute atomic E-state index is 12.3. The zero-order valence-corrected chi connectivity index (χ0v) is 8.48. The highest BCUT2D eigenvalue weighted by Crippen LogP contribution is 2.29. The second kappa shape index (κ2) is 4.40. The van der Waals surface area contributed by atoms with Crippen molar-refractivity contribution in [2.75, 3.05) is 0 Å². The zero-order chi connectivity index (χ0) is 12.3. The smallest absolute Gasteiger partial charge is 0.417 e. The van der Waals surface area contributed by atoms with E-state index in [0.717, 1.165) is 18.3 Å². The van der Waals surface area contributed by atoms with Crippen molar-refractivity contribution in [3.05, 3.63) is 48.4 Å². The number of ether oxygens (including phenoxy) is 1. The third-order valence-electron chi connectivity index (χ3n) is 1.92. The SMILES string of the molecule is FC(F)(F)c1ccc(Oc2cccnc2)nc1. The number of nitrogens with zero attached hydrogens (tertiary/aromatic N) is 2. The second-order valence-electron chi connectivity index (χ2n) is 3.17. The van der Waals surface area contributed by atoms with Crippen molar-refractivity contribution >= 4 is 0 Å². The summed E-state index contributed by atoms with van der Waals surface area (Å²) < 4.78 is 42.0. The predicted octanol–water partition coefficient (Wildman–Crippen LogP) is 3.29. The Bertz CT molecular complexity index is 482. The van der Waals surface area contributed by atoms with Crippen molar-refractivity contribution in [3.63, 3.8) is 0 Å². The molecule has 2 aromatic heterocycles. The van der Waals surface area contributed by atoms with Gasteiger partial charge < -0.3 is 4.74 Å². The van der Waals surface area contributed by atoms with Crippen LogP contribution in [0.5, 0.6) is 11.6 Å². The lowest BCUT2D eigenvalue weighted by molar-refractivity contribution is -0.137. The molecule has 3 nitrogen and oxygen atoms in total. The van der Waals surface area contributed by atoms with E-state index in [2.05, 4.69) is 9.97 Å². The Kier molecular flexibility index (Phi) is 2.95. The Morgan fingerprint density at radius 2 is 1.88 bits per heavy atom. The van der Waals surface area contributed by atoms with E-state index < -0.39 is 11.7 Å². The van der Waals surface area contributed by atoms with Gasteiger partial charge in [0.25, 0.3) is 0 Å². The van der Waals surface area contributed by atoms with Crippen LogP contribution in [0.1, 0.15) is 5.56 Å². The molecule has 0 unspecified atom stereocenters. The third-order valence-corrected chi connectivity index (χ3v) is 1.92. The van der Waals surface area contributed by atoms with Crippen LogP contribution in [0, 0.1) is 0 Å². The van der Waals surface area contributed by atoms with Gasteiger partial charge in [-0.05, 0) is 18.2 Å². The number of pyridine rings is 2. The molecule has 0 spiro atoms. The van der Waals surface area contributed by atoms with Gasteiger partial charge in [-0.2, -0.15) is 13.2 Å². The molecule has 0 aliphatic heterocycles. The van der Waals surface area contributed by atoms with Crippen LogP contribution in [0.4, 0.5) is 13.2 Å². The average Bonchev–Trinajstić information content (AvgIpc) is 2.30. The molecule has 0 bridgehead atoms. The van der Waals surface area contributed by atoms with Crippen LogP contribution in [-0.4, -0.2) is 9.97 Å². The fourth-order valence-electron chi connectivity index (χ4n) is 1.14. The van der Waals surface area contributed by atoms with Gasteiger partial charge in [-0.3, -0.25) is 4.98 Å². The van der Waals surface area contributed by atoms with E-state index in [-0.39, 0.29) is 5.88 Å². The van der Waals surface area contributed by atoms with Crippen molar-refractivity contribution in [3.8, 4) is 11.6 Å². The minimum absolute atomic E-state index is 0.0889. The minimum Gasteiger partial charge on any atom is -0.437 e. The summed E-state index contributed by atoms with van der Waals surface area (Å²) in [4.78, 5) is 7.38. The molecule has 0 aliphatic carbocycles. The number of halogens is 3. The average molecular weight is 240 g/mol. The van der Waals surface area contributed by atoms with E-state index in [4.69, 9.17) is 4.74 Å². The molecule has 6 heteroatoms. The summed E-state index contributed by atoms with van der Waals surface area (Å²) in [6.07, 6.45) is -0.655. The molecule has 0 aromatic carbocycles. The van der Waals surface area contributed by atoms with Crippen molar-refractivity contribution in [2.45, 2.75) is 6.18 Å². The molecule has 0 N–H and O–H groups in total.